The van der Waals surface area contributed by atoms with Gasteiger partial charge in [0.25, 0.3) is 5.91 Å². The Balaban J connectivity index is 1.90. The van der Waals surface area contributed by atoms with Crippen molar-refractivity contribution in [3.63, 3.8) is 0 Å². The van der Waals surface area contributed by atoms with Gasteiger partial charge in [0.2, 0.25) is 5.91 Å². The van der Waals surface area contributed by atoms with Crippen LogP contribution in [0.5, 0.6) is 0 Å². The Hall–Kier alpha value is -1.44. The predicted octanol–water partition coefficient (Wildman–Crippen LogP) is 0.0792. The van der Waals surface area contributed by atoms with Crippen molar-refractivity contribution in [2.75, 3.05) is 32.0 Å². The van der Waals surface area contributed by atoms with Crippen LogP contribution >= 0.6 is 11.3 Å². The first-order valence-corrected chi connectivity index (χ1v) is 7.04. The first-order chi connectivity index (χ1) is 9.08. The fourth-order valence-corrected chi connectivity index (χ4v) is 2.95. The molecule has 1 aromatic rings. The average Bonchev–Trinajstić information content (AvgIpc) is 2.98. The van der Waals surface area contributed by atoms with Gasteiger partial charge < -0.3 is 16.4 Å². The van der Waals surface area contributed by atoms with Gasteiger partial charge >= 0.3 is 0 Å². The number of thiophene rings is 1. The van der Waals surface area contributed by atoms with E-state index >= 15 is 0 Å². The quantitative estimate of drug-likeness (QED) is 0.713. The molecule has 0 aliphatic carbocycles. The zero-order chi connectivity index (χ0) is 13.8. The monoisotopic (exact) mass is 282 g/mol. The summed E-state index contributed by atoms with van der Waals surface area (Å²) in [6.45, 7) is 2.21. The number of primary amides is 1. The minimum Gasteiger partial charge on any atom is -0.366 e. The molecule has 1 aliphatic heterocycles. The summed E-state index contributed by atoms with van der Waals surface area (Å²) in [7, 11) is 1.93. The van der Waals surface area contributed by atoms with Crippen LogP contribution in [-0.4, -0.2) is 49.4 Å². The van der Waals surface area contributed by atoms with Gasteiger partial charge in [-0.05, 0) is 31.5 Å². The van der Waals surface area contributed by atoms with Gasteiger partial charge in [-0.3, -0.25) is 14.5 Å². The van der Waals surface area contributed by atoms with Crippen LogP contribution in [0.1, 0.15) is 16.8 Å². The Labute approximate surface area is 116 Å². The lowest BCUT2D eigenvalue weighted by Gasteiger charge is -2.22. The van der Waals surface area contributed by atoms with E-state index in [0.29, 0.717) is 23.2 Å². The van der Waals surface area contributed by atoms with Crippen molar-refractivity contribution in [2.45, 2.75) is 12.5 Å². The van der Waals surface area contributed by atoms with Gasteiger partial charge in [0.1, 0.15) is 5.00 Å². The molecular formula is C12H18N4O2S. The van der Waals surface area contributed by atoms with Gasteiger partial charge in [-0.1, -0.05) is 0 Å². The molecule has 0 bridgehead atoms. The first-order valence-electron chi connectivity index (χ1n) is 6.16. The smallest absolute Gasteiger partial charge is 0.251 e. The molecule has 1 fully saturated rings. The van der Waals surface area contributed by atoms with E-state index in [1.807, 2.05) is 11.9 Å². The van der Waals surface area contributed by atoms with Crippen LogP contribution in [0.4, 0.5) is 5.00 Å². The van der Waals surface area contributed by atoms with E-state index in [4.69, 9.17) is 5.73 Å². The molecule has 7 heteroatoms. The second-order valence-electron chi connectivity index (χ2n) is 4.64. The standard InChI is InChI=1S/C12H18N4O2S/c1-16(8-2-4-14-6-8)7-10(17)15-12-9(11(13)18)3-5-19-12/h3,5,8,14H,2,4,6-7H2,1H3,(H2,13,18)(H,15,17). The highest BCUT2D eigenvalue weighted by Crippen LogP contribution is 2.22. The van der Waals surface area contributed by atoms with Gasteiger partial charge in [-0.15, -0.1) is 11.3 Å². The molecule has 1 atom stereocenters. The molecule has 0 aromatic carbocycles. The van der Waals surface area contributed by atoms with Gasteiger partial charge in [0.05, 0.1) is 12.1 Å². The van der Waals surface area contributed by atoms with Crippen LogP contribution < -0.4 is 16.4 Å². The molecular weight excluding hydrogens is 264 g/mol. The van der Waals surface area contributed by atoms with E-state index in [-0.39, 0.29) is 5.91 Å². The summed E-state index contributed by atoms with van der Waals surface area (Å²) in [5, 5.41) is 8.27. The maximum atomic E-state index is 11.9. The Morgan fingerprint density at radius 2 is 2.42 bits per heavy atom. The third-order valence-electron chi connectivity index (χ3n) is 3.23. The van der Waals surface area contributed by atoms with Crippen LogP contribution in [0.15, 0.2) is 11.4 Å². The number of anilines is 1. The van der Waals surface area contributed by atoms with Crippen LogP contribution in [0.25, 0.3) is 0 Å². The lowest BCUT2D eigenvalue weighted by atomic mass is 10.2. The zero-order valence-corrected chi connectivity index (χ0v) is 11.6. The van der Waals surface area contributed by atoms with Crippen molar-refractivity contribution >= 4 is 28.2 Å². The lowest BCUT2D eigenvalue weighted by Crippen LogP contribution is -2.39. The number of likely N-dealkylation sites (N-methyl/N-ethyl adjacent to an activating group) is 1. The van der Waals surface area contributed by atoms with Gasteiger partial charge in [-0.25, -0.2) is 0 Å². The van der Waals surface area contributed by atoms with Crippen molar-refractivity contribution in [3.05, 3.63) is 17.0 Å². The maximum Gasteiger partial charge on any atom is 0.251 e. The predicted molar refractivity (Wildman–Crippen MR) is 75.4 cm³/mol. The Kier molecular flexibility index (Phi) is 4.52. The van der Waals surface area contributed by atoms with Crippen LogP contribution in [0.2, 0.25) is 0 Å². The van der Waals surface area contributed by atoms with E-state index in [0.717, 1.165) is 19.5 Å². The Morgan fingerprint density at radius 3 is 3.05 bits per heavy atom. The number of carbonyl (C=O) groups is 2. The largest absolute Gasteiger partial charge is 0.366 e. The molecule has 104 valence electrons. The van der Waals surface area contributed by atoms with Crippen molar-refractivity contribution < 1.29 is 9.59 Å². The van der Waals surface area contributed by atoms with Crippen LogP contribution in [0.3, 0.4) is 0 Å². The van der Waals surface area contributed by atoms with Crippen molar-refractivity contribution in [1.82, 2.24) is 10.2 Å². The van der Waals surface area contributed by atoms with Gasteiger partial charge in [0, 0.05) is 12.6 Å². The zero-order valence-electron chi connectivity index (χ0n) is 10.8. The van der Waals surface area contributed by atoms with Gasteiger partial charge in [-0.2, -0.15) is 0 Å². The minimum atomic E-state index is -0.523. The highest BCUT2D eigenvalue weighted by atomic mass is 32.1. The number of hydrogen-bond donors (Lipinski definition) is 3. The molecule has 6 nitrogen and oxygen atoms in total. The Bertz CT molecular complexity index is 468. The number of hydrogen-bond acceptors (Lipinski definition) is 5. The topological polar surface area (TPSA) is 87.5 Å². The number of nitrogens with two attached hydrogens (primary N) is 1. The van der Waals surface area contributed by atoms with E-state index in [2.05, 4.69) is 10.6 Å². The summed E-state index contributed by atoms with van der Waals surface area (Å²) in [5.74, 6) is -0.649. The number of nitrogens with zero attached hydrogens (tertiary/aromatic N) is 1. The third-order valence-corrected chi connectivity index (χ3v) is 4.06. The normalized spacial score (nSPS) is 18.7. The molecule has 1 saturated heterocycles. The molecule has 0 spiro atoms. The molecule has 1 unspecified atom stereocenters. The fraction of sp³-hybridized carbons (Fsp3) is 0.500. The first kappa shape index (κ1) is 14.0. The number of amides is 2. The average molecular weight is 282 g/mol. The molecule has 4 N–H and O–H groups in total. The van der Waals surface area contributed by atoms with E-state index < -0.39 is 5.91 Å². The fourth-order valence-electron chi connectivity index (χ4n) is 2.14. The molecule has 0 saturated carbocycles. The number of rotatable bonds is 5. The molecule has 19 heavy (non-hydrogen) atoms. The van der Waals surface area contributed by atoms with E-state index in [1.165, 1.54) is 11.3 Å². The second kappa shape index (κ2) is 6.14. The number of carbonyl (C=O) groups excluding carboxylic acids is 2. The van der Waals surface area contributed by atoms with Gasteiger partial charge in [0.15, 0.2) is 0 Å². The van der Waals surface area contributed by atoms with Crippen molar-refractivity contribution in [2.24, 2.45) is 5.73 Å². The minimum absolute atomic E-state index is 0.126. The van der Waals surface area contributed by atoms with Crippen molar-refractivity contribution in [3.8, 4) is 0 Å². The highest BCUT2D eigenvalue weighted by molar-refractivity contribution is 7.14. The lowest BCUT2D eigenvalue weighted by molar-refractivity contribution is -0.117. The van der Waals surface area contributed by atoms with Crippen LogP contribution in [0, 0.1) is 0 Å². The van der Waals surface area contributed by atoms with Crippen LogP contribution in [-0.2, 0) is 4.79 Å². The molecule has 2 heterocycles. The summed E-state index contributed by atoms with van der Waals surface area (Å²) < 4.78 is 0. The van der Waals surface area contributed by atoms with E-state index in [1.54, 1.807) is 11.4 Å². The Morgan fingerprint density at radius 1 is 1.63 bits per heavy atom. The molecule has 1 aromatic heterocycles. The maximum absolute atomic E-state index is 11.9. The third kappa shape index (κ3) is 3.52. The number of nitrogens with one attached hydrogen (secondary N) is 2. The summed E-state index contributed by atoms with van der Waals surface area (Å²) in [6, 6.07) is 2.01. The summed E-state index contributed by atoms with van der Waals surface area (Å²) in [5.41, 5.74) is 5.60. The summed E-state index contributed by atoms with van der Waals surface area (Å²) in [6.07, 6.45) is 1.05. The molecule has 2 rings (SSSR count). The second-order valence-corrected chi connectivity index (χ2v) is 5.55. The van der Waals surface area contributed by atoms with E-state index in [9.17, 15) is 9.59 Å². The highest BCUT2D eigenvalue weighted by Gasteiger charge is 2.21. The SMILES string of the molecule is CN(CC(=O)Nc1sccc1C(N)=O)C1CCNC1. The summed E-state index contributed by atoms with van der Waals surface area (Å²) >= 11 is 1.30. The molecule has 1 aliphatic rings. The summed E-state index contributed by atoms with van der Waals surface area (Å²) in [4.78, 5) is 25.1. The molecule has 0 radical (unpaired) electrons. The molecule has 2 amide bonds. The van der Waals surface area contributed by atoms with Crippen molar-refractivity contribution in [1.29, 1.82) is 0 Å².